The van der Waals surface area contributed by atoms with E-state index in [1.54, 1.807) is 16.8 Å². The van der Waals surface area contributed by atoms with Gasteiger partial charge in [-0.25, -0.2) is 23.5 Å². The molecule has 4 heterocycles. The summed E-state index contributed by atoms with van der Waals surface area (Å²) in [4.78, 5) is 27.5. The highest BCUT2D eigenvalue weighted by Crippen LogP contribution is 2.57. The molecule has 1 saturated heterocycles. The minimum absolute atomic E-state index is 0.391. The van der Waals surface area contributed by atoms with Crippen molar-refractivity contribution in [2.24, 2.45) is 0 Å². The lowest BCUT2D eigenvalue weighted by molar-refractivity contribution is 0.00578. The Balaban J connectivity index is 1.64. The Hall–Kier alpha value is -3.36. The Morgan fingerprint density at radius 1 is 0.800 bits per heavy atom. The molecular weight excluding hydrogens is 441 g/mol. The Bertz CT molecular complexity index is 1470. The molecule has 8 heteroatoms. The second kappa shape index (κ2) is 7.09. The Kier molecular flexibility index (Phi) is 4.48. The maximum atomic E-state index is 13.9. The molecule has 2 bridgehead atoms. The Morgan fingerprint density at radius 2 is 1.34 bits per heavy atom. The summed E-state index contributed by atoms with van der Waals surface area (Å²) in [6.07, 6.45) is 3.95. The van der Waals surface area contributed by atoms with Crippen molar-refractivity contribution < 1.29 is 9.31 Å². The fourth-order valence-corrected chi connectivity index (χ4v) is 5.72. The number of nitrogens with zero attached hydrogens (tertiary/aromatic N) is 3. The van der Waals surface area contributed by atoms with E-state index in [0.29, 0.717) is 5.69 Å². The summed E-state index contributed by atoms with van der Waals surface area (Å²) in [6.45, 7) is 12.6. The minimum Gasteiger partial charge on any atom is -0.402 e. The minimum atomic E-state index is -0.912. The van der Waals surface area contributed by atoms with Crippen LogP contribution in [0.3, 0.4) is 0 Å². The van der Waals surface area contributed by atoms with Crippen LogP contribution in [0.2, 0.25) is 0 Å². The molecule has 1 aliphatic carbocycles. The van der Waals surface area contributed by atoms with Crippen molar-refractivity contribution in [3.63, 3.8) is 0 Å². The number of aromatic nitrogens is 3. The third-order valence-electron chi connectivity index (χ3n) is 8.26. The van der Waals surface area contributed by atoms with Crippen LogP contribution in [0, 0.1) is 0 Å². The van der Waals surface area contributed by atoms with E-state index in [9.17, 15) is 9.59 Å². The number of rotatable bonds is 3. The van der Waals surface area contributed by atoms with Gasteiger partial charge in [0.2, 0.25) is 0 Å². The van der Waals surface area contributed by atoms with Gasteiger partial charge < -0.3 is 9.31 Å². The van der Waals surface area contributed by atoms with E-state index in [1.165, 1.54) is 9.25 Å². The van der Waals surface area contributed by atoms with Crippen molar-refractivity contribution in [2.45, 2.75) is 56.3 Å². The summed E-state index contributed by atoms with van der Waals surface area (Å²) in [6, 6.07) is 17.8. The molecule has 0 saturated carbocycles. The molecular formula is C27H28BN3O4. The molecule has 0 N–H and O–H groups in total. The monoisotopic (exact) mass is 469 g/mol. The van der Waals surface area contributed by atoms with Gasteiger partial charge in [0.05, 0.1) is 34.3 Å². The predicted octanol–water partition coefficient (Wildman–Crippen LogP) is 3.59. The summed E-state index contributed by atoms with van der Waals surface area (Å²) >= 11 is 0. The fraction of sp³-hybridized carbons (Fsp3) is 0.333. The molecule has 3 unspecified atom stereocenters. The average Bonchev–Trinajstić information content (AvgIpc) is 3.24. The zero-order valence-electron chi connectivity index (χ0n) is 20.3. The molecule has 7 rings (SSSR count). The Morgan fingerprint density at radius 3 is 1.94 bits per heavy atom. The van der Waals surface area contributed by atoms with Crippen LogP contribution in [0.5, 0.6) is 0 Å². The van der Waals surface area contributed by atoms with Crippen molar-refractivity contribution in [1.29, 1.82) is 0 Å². The number of hydrogen-bond donors (Lipinski definition) is 0. The molecule has 178 valence electrons. The molecule has 1 aromatic heterocycles. The first-order valence-corrected chi connectivity index (χ1v) is 11.9. The first-order valence-electron chi connectivity index (χ1n) is 11.9. The van der Waals surface area contributed by atoms with Crippen LogP contribution in [-0.4, -0.2) is 32.3 Å². The number of hydrogen-bond acceptors (Lipinski definition) is 4. The number of para-hydroxylation sites is 1. The van der Waals surface area contributed by atoms with E-state index in [2.05, 4.69) is 6.58 Å². The SMILES string of the molecule is C=C1C2C=CC(n3c(=O)n(-c4ccccc4)c(=O)n32)C1(B1OC(C)(C)C(C)(C)O1)c1ccccc1. The van der Waals surface area contributed by atoms with E-state index in [1.807, 2.05) is 88.4 Å². The lowest BCUT2D eigenvalue weighted by Crippen LogP contribution is -2.61. The summed E-state index contributed by atoms with van der Waals surface area (Å²) in [5.74, 6) is 0. The fourth-order valence-electron chi connectivity index (χ4n) is 5.72. The van der Waals surface area contributed by atoms with Crippen LogP contribution in [0.1, 0.15) is 45.3 Å². The van der Waals surface area contributed by atoms with E-state index in [0.717, 1.165) is 11.1 Å². The highest BCUT2D eigenvalue weighted by molar-refractivity contribution is 6.51. The van der Waals surface area contributed by atoms with Gasteiger partial charge in [0.25, 0.3) is 0 Å². The molecule has 35 heavy (non-hydrogen) atoms. The van der Waals surface area contributed by atoms with Crippen molar-refractivity contribution in [1.82, 2.24) is 13.9 Å². The predicted molar refractivity (Wildman–Crippen MR) is 135 cm³/mol. The first kappa shape index (κ1) is 22.1. The molecule has 7 nitrogen and oxygen atoms in total. The number of benzene rings is 2. The van der Waals surface area contributed by atoms with Gasteiger partial charge >= 0.3 is 18.5 Å². The standard InChI is InChI=1S/C27H28BN3O4/c1-18-21-16-17-22(31-24(33)29(23(32)30(21)31)20-14-10-7-11-15-20)27(18,19-12-8-6-9-13-19)28-34-25(2,3)26(4,5)35-28/h6-17,21-22H,1H2,2-5H3. The lowest BCUT2D eigenvalue weighted by atomic mass is 9.44. The number of fused-ring (bicyclic) bond motifs is 1. The topological polar surface area (TPSA) is 67.4 Å². The summed E-state index contributed by atoms with van der Waals surface area (Å²) < 4.78 is 17.6. The van der Waals surface area contributed by atoms with E-state index in [4.69, 9.17) is 9.31 Å². The van der Waals surface area contributed by atoms with E-state index >= 15 is 0 Å². The lowest BCUT2D eigenvalue weighted by Gasteiger charge is -2.51. The van der Waals surface area contributed by atoms with Gasteiger partial charge in [-0.1, -0.05) is 67.3 Å². The summed E-state index contributed by atoms with van der Waals surface area (Å²) in [7, 11) is -0.712. The van der Waals surface area contributed by atoms with Gasteiger partial charge in [-0.15, -0.1) is 0 Å². The summed E-state index contributed by atoms with van der Waals surface area (Å²) in [5, 5.41) is -0.912. The zero-order chi connectivity index (χ0) is 24.8. The van der Waals surface area contributed by atoms with Crippen LogP contribution in [0.4, 0.5) is 0 Å². The largest absolute Gasteiger partial charge is 0.476 e. The van der Waals surface area contributed by atoms with Crippen LogP contribution >= 0.6 is 0 Å². The molecule has 3 atom stereocenters. The van der Waals surface area contributed by atoms with Gasteiger partial charge in [-0.3, -0.25) is 0 Å². The molecule has 0 spiro atoms. The van der Waals surface area contributed by atoms with Gasteiger partial charge in [0.15, 0.2) is 0 Å². The second-order valence-corrected chi connectivity index (χ2v) is 10.5. The van der Waals surface area contributed by atoms with Crippen molar-refractivity contribution in [3.8, 4) is 5.69 Å². The van der Waals surface area contributed by atoms with Crippen LogP contribution in [0.15, 0.2) is 94.6 Å². The normalized spacial score (nSPS) is 27.9. The highest BCUT2D eigenvalue weighted by Gasteiger charge is 2.67. The second-order valence-electron chi connectivity index (χ2n) is 10.5. The van der Waals surface area contributed by atoms with Crippen molar-refractivity contribution >= 4 is 7.12 Å². The maximum Gasteiger partial charge on any atom is 0.476 e. The molecule has 3 aromatic rings. The molecule has 0 radical (unpaired) electrons. The van der Waals surface area contributed by atoms with Crippen LogP contribution in [-0.2, 0) is 14.6 Å². The maximum absolute atomic E-state index is 13.9. The quantitative estimate of drug-likeness (QED) is 0.435. The van der Waals surface area contributed by atoms with Crippen molar-refractivity contribution in [2.75, 3.05) is 0 Å². The highest BCUT2D eigenvalue weighted by atomic mass is 16.7. The Labute approximate surface area is 204 Å². The molecule has 4 aliphatic rings. The van der Waals surface area contributed by atoms with E-state index in [-0.39, 0.29) is 0 Å². The molecule has 3 aliphatic heterocycles. The first-order chi connectivity index (χ1) is 16.6. The van der Waals surface area contributed by atoms with Crippen LogP contribution in [0.25, 0.3) is 5.69 Å². The average molecular weight is 469 g/mol. The number of allylic oxidation sites excluding steroid dienone is 3. The third kappa shape index (κ3) is 2.69. The van der Waals surface area contributed by atoms with Gasteiger partial charge in [0, 0.05) is 0 Å². The third-order valence-corrected chi connectivity index (χ3v) is 8.26. The van der Waals surface area contributed by atoms with Crippen molar-refractivity contribution in [3.05, 3.63) is 111 Å². The van der Waals surface area contributed by atoms with Crippen LogP contribution < -0.4 is 11.4 Å². The van der Waals surface area contributed by atoms with Gasteiger partial charge in [-0.05, 0) is 51.0 Å². The van der Waals surface area contributed by atoms with Gasteiger partial charge in [0.1, 0.15) is 0 Å². The molecule has 1 fully saturated rings. The zero-order valence-corrected chi connectivity index (χ0v) is 20.3. The smallest absolute Gasteiger partial charge is 0.402 e. The molecule has 0 amide bonds. The van der Waals surface area contributed by atoms with Gasteiger partial charge in [-0.2, -0.15) is 0 Å². The van der Waals surface area contributed by atoms with E-state index < -0.39 is 47.1 Å². The molecule has 2 aromatic carbocycles. The summed E-state index contributed by atoms with van der Waals surface area (Å²) in [5.41, 5.74) is 0.273.